The molecule has 0 saturated carbocycles. The van der Waals surface area contributed by atoms with Crippen LogP contribution in [-0.4, -0.2) is 16.1 Å². The highest BCUT2D eigenvalue weighted by molar-refractivity contribution is 5.82. The summed E-state index contributed by atoms with van der Waals surface area (Å²) in [6.45, 7) is 0. The molecule has 2 aromatic rings. The average Bonchev–Trinajstić information content (AvgIpc) is 2.95. The van der Waals surface area contributed by atoms with Gasteiger partial charge in [0.2, 0.25) is 0 Å². The number of oxazole rings is 1. The zero-order chi connectivity index (χ0) is 11.8. The van der Waals surface area contributed by atoms with Crippen molar-refractivity contribution >= 4 is 11.7 Å². The van der Waals surface area contributed by atoms with Crippen LogP contribution in [0, 0.1) is 0 Å². The number of nitrogens with zero attached hydrogens (tertiary/aromatic N) is 1. The highest BCUT2D eigenvalue weighted by Gasteiger charge is 2.25. The van der Waals surface area contributed by atoms with Crippen molar-refractivity contribution in [3.63, 3.8) is 0 Å². The monoisotopic (exact) mass is 230 g/mol. The first-order valence-electron chi connectivity index (χ1n) is 5.27. The standard InChI is InChI=1S/C12H10N2O3/c15-12(16)11-13-6-10(17-11)9-5-7-3-1-2-4-8(7)14-9/h1-4,6,9,14H,5H2,(H,15,16). The number of aromatic nitrogens is 1. The molecule has 5 heteroatoms. The van der Waals surface area contributed by atoms with E-state index in [1.165, 1.54) is 11.8 Å². The van der Waals surface area contributed by atoms with Crippen LogP contribution < -0.4 is 5.32 Å². The summed E-state index contributed by atoms with van der Waals surface area (Å²) in [5.41, 5.74) is 2.26. The summed E-state index contributed by atoms with van der Waals surface area (Å²) in [5, 5.41) is 12.0. The Balaban J connectivity index is 1.86. The van der Waals surface area contributed by atoms with Crippen molar-refractivity contribution in [1.29, 1.82) is 0 Å². The lowest BCUT2D eigenvalue weighted by Crippen LogP contribution is -2.04. The summed E-state index contributed by atoms with van der Waals surface area (Å²) in [5.74, 6) is -0.858. The van der Waals surface area contributed by atoms with Gasteiger partial charge in [-0.1, -0.05) is 18.2 Å². The van der Waals surface area contributed by atoms with E-state index in [0.29, 0.717) is 5.76 Å². The summed E-state index contributed by atoms with van der Waals surface area (Å²) >= 11 is 0. The number of para-hydroxylation sites is 1. The summed E-state index contributed by atoms with van der Waals surface area (Å²) in [6.07, 6.45) is 2.25. The molecule has 17 heavy (non-hydrogen) atoms. The van der Waals surface area contributed by atoms with Gasteiger partial charge in [0.25, 0.3) is 0 Å². The van der Waals surface area contributed by atoms with Gasteiger partial charge in [-0.3, -0.25) is 0 Å². The molecule has 86 valence electrons. The van der Waals surface area contributed by atoms with Crippen molar-refractivity contribution in [3.05, 3.63) is 47.7 Å². The minimum absolute atomic E-state index is 0.0343. The molecule has 3 rings (SSSR count). The van der Waals surface area contributed by atoms with Gasteiger partial charge in [-0.05, 0) is 11.6 Å². The largest absolute Gasteiger partial charge is 0.474 e. The topological polar surface area (TPSA) is 75.4 Å². The number of carbonyl (C=O) groups is 1. The molecule has 1 aromatic heterocycles. The van der Waals surface area contributed by atoms with Gasteiger partial charge in [0, 0.05) is 12.1 Å². The van der Waals surface area contributed by atoms with Gasteiger partial charge in [-0.2, -0.15) is 0 Å². The number of fused-ring (bicyclic) bond motifs is 1. The molecule has 1 aliphatic heterocycles. The van der Waals surface area contributed by atoms with Gasteiger partial charge < -0.3 is 14.8 Å². The molecule has 0 spiro atoms. The summed E-state index contributed by atoms with van der Waals surface area (Å²) < 4.78 is 5.19. The van der Waals surface area contributed by atoms with Gasteiger partial charge in [0.05, 0.1) is 12.2 Å². The summed E-state index contributed by atoms with van der Waals surface area (Å²) in [4.78, 5) is 14.4. The molecule has 2 heterocycles. The SMILES string of the molecule is O=C(O)c1ncc(C2Cc3ccccc3N2)o1. The number of benzene rings is 1. The second kappa shape index (κ2) is 3.62. The second-order valence-electron chi connectivity index (χ2n) is 3.93. The van der Waals surface area contributed by atoms with E-state index in [-0.39, 0.29) is 11.9 Å². The third-order valence-corrected chi connectivity index (χ3v) is 2.82. The van der Waals surface area contributed by atoms with Crippen molar-refractivity contribution in [2.24, 2.45) is 0 Å². The van der Waals surface area contributed by atoms with Crippen LogP contribution >= 0.6 is 0 Å². The van der Waals surface area contributed by atoms with Gasteiger partial charge in [0.1, 0.15) is 5.76 Å². The lowest BCUT2D eigenvalue weighted by Gasteiger charge is -2.06. The minimum Gasteiger partial charge on any atom is -0.474 e. The molecule has 1 aromatic carbocycles. The number of carboxylic acid groups (broad SMARTS) is 1. The van der Waals surface area contributed by atoms with Crippen LogP contribution in [-0.2, 0) is 6.42 Å². The molecule has 0 amide bonds. The lowest BCUT2D eigenvalue weighted by molar-refractivity contribution is 0.0651. The maximum Gasteiger partial charge on any atom is 0.392 e. The lowest BCUT2D eigenvalue weighted by atomic mass is 10.1. The highest BCUT2D eigenvalue weighted by atomic mass is 16.4. The van der Waals surface area contributed by atoms with Crippen LogP contribution in [0.25, 0.3) is 0 Å². The van der Waals surface area contributed by atoms with E-state index >= 15 is 0 Å². The maximum atomic E-state index is 10.7. The number of carboxylic acids is 1. The van der Waals surface area contributed by atoms with E-state index in [9.17, 15) is 4.79 Å². The van der Waals surface area contributed by atoms with E-state index < -0.39 is 5.97 Å². The smallest absolute Gasteiger partial charge is 0.392 e. The van der Waals surface area contributed by atoms with Crippen molar-refractivity contribution in [2.45, 2.75) is 12.5 Å². The fourth-order valence-electron chi connectivity index (χ4n) is 2.02. The normalized spacial score (nSPS) is 17.5. The first-order chi connectivity index (χ1) is 8.24. The van der Waals surface area contributed by atoms with Gasteiger partial charge in [0.15, 0.2) is 0 Å². The molecule has 0 aliphatic carbocycles. The van der Waals surface area contributed by atoms with Crippen LogP contribution in [0.4, 0.5) is 5.69 Å². The molecule has 0 bridgehead atoms. The summed E-state index contributed by atoms with van der Waals surface area (Å²) in [7, 11) is 0. The molecule has 5 nitrogen and oxygen atoms in total. The molecule has 0 fully saturated rings. The Bertz CT molecular complexity index is 552. The molecule has 2 N–H and O–H groups in total. The second-order valence-corrected chi connectivity index (χ2v) is 3.93. The van der Waals surface area contributed by atoms with Crippen LogP contribution in [0.2, 0.25) is 0 Å². The third-order valence-electron chi connectivity index (χ3n) is 2.82. The number of rotatable bonds is 2. The molecular weight excluding hydrogens is 220 g/mol. The molecule has 1 atom stereocenters. The van der Waals surface area contributed by atoms with Crippen molar-refractivity contribution in [3.8, 4) is 0 Å². The summed E-state index contributed by atoms with van der Waals surface area (Å²) in [6, 6.07) is 7.93. The maximum absolute atomic E-state index is 10.7. The van der Waals surface area contributed by atoms with Crippen LogP contribution in [0.15, 0.2) is 34.9 Å². The van der Waals surface area contributed by atoms with Crippen molar-refractivity contribution in [2.75, 3.05) is 5.32 Å². The van der Waals surface area contributed by atoms with Gasteiger partial charge >= 0.3 is 11.9 Å². The number of anilines is 1. The van der Waals surface area contributed by atoms with Crippen molar-refractivity contribution in [1.82, 2.24) is 4.98 Å². The molecular formula is C12H10N2O3. The van der Waals surface area contributed by atoms with Crippen molar-refractivity contribution < 1.29 is 14.3 Å². The fraction of sp³-hybridized carbons (Fsp3) is 0.167. The van der Waals surface area contributed by atoms with Crippen LogP contribution in [0.3, 0.4) is 0 Å². The predicted octanol–water partition coefficient (Wildman–Crippen LogP) is 2.08. The zero-order valence-electron chi connectivity index (χ0n) is 8.88. The van der Waals surface area contributed by atoms with E-state index in [1.807, 2.05) is 24.3 Å². The fourth-order valence-corrected chi connectivity index (χ4v) is 2.02. The van der Waals surface area contributed by atoms with E-state index in [4.69, 9.17) is 9.52 Å². The Morgan fingerprint density at radius 2 is 2.29 bits per heavy atom. The molecule has 1 aliphatic rings. The van der Waals surface area contributed by atoms with Crippen LogP contribution in [0.1, 0.15) is 28.1 Å². The number of aromatic carboxylic acids is 1. The zero-order valence-corrected chi connectivity index (χ0v) is 8.88. The first-order valence-corrected chi connectivity index (χ1v) is 5.27. The van der Waals surface area contributed by atoms with Gasteiger partial charge in [-0.15, -0.1) is 0 Å². The van der Waals surface area contributed by atoms with E-state index in [0.717, 1.165) is 12.1 Å². The minimum atomic E-state index is -1.15. The average molecular weight is 230 g/mol. The first kappa shape index (κ1) is 9.89. The van der Waals surface area contributed by atoms with Crippen LogP contribution in [0.5, 0.6) is 0 Å². The third kappa shape index (κ3) is 1.65. The Labute approximate surface area is 97.1 Å². The Hall–Kier alpha value is -2.30. The molecule has 0 saturated heterocycles. The van der Waals surface area contributed by atoms with E-state index in [2.05, 4.69) is 10.3 Å². The number of hydrogen-bond donors (Lipinski definition) is 2. The predicted molar refractivity (Wildman–Crippen MR) is 60.0 cm³/mol. The van der Waals surface area contributed by atoms with Gasteiger partial charge in [-0.25, -0.2) is 9.78 Å². The highest BCUT2D eigenvalue weighted by Crippen LogP contribution is 2.33. The van der Waals surface area contributed by atoms with E-state index in [1.54, 1.807) is 0 Å². The molecule has 0 radical (unpaired) electrons. The Kier molecular flexibility index (Phi) is 2.11. The number of nitrogens with one attached hydrogen (secondary N) is 1. The number of hydrogen-bond acceptors (Lipinski definition) is 4. The quantitative estimate of drug-likeness (QED) is 0.826. The Morgan fingerprint density at radius 1 is 1.47 bits per heavy atom. The molecule has 1 unspecified atom stereocenters. The Morgan fingerprint density at radius 3 is 3.00 bits per heavy atom.